The highest BCUT2D eigenvalue weighted by atomic mass is 32.1. The molecule has 0 aromatic carbocycles. The molecule has 4 amide bonds. The van der Waals surface area contributed by atoms with Crippen LogP contribution >= 0.6 is 11.3 Å². The lowest BCUT2D eigenvalue weighted by Gasteiger charge is -2.42. The fourth-order valence-electron chi connectivity index (χ4n) is 2.29. The second kappa shape index (κ2) is 4.34. The number of aryl methyl sites for hydroxylation is 1. The second-order valence-corrected chi connectivity index (χ2v) is 5.69. The lowest BCUT2D eigenvalue weighted by molar-refractivity contribution is -0.128. The maximum absolute atomic E-state index is 12.1. The minimum Gasteiger partial charge on any atom is -0.334 e. The van der Waals surface area contributed by atoms with Gasteiger partial charge in [0.25, 0.3) is 5.91 Å². The molecule has 2 saturated heterocycles. The molecule has 2 aliphatic rings. The van der Waals surface area contributed by atoms with E-state index in [1.165, 1.54) is 16.2 Å². The van der Waals surface area contributed by atoms with Crippen LogP contribution in [0.4, 0.5) is 4.79 Å². The van der Waals surface area contributed by atoms with Crippen molar-refractivity contribution in [3.05, 3.63) is 21.9 Å². The number of urea groups is 1. The van der Waals surface area contributed by atoms with E-state index in [1.54, 1.807) is 4.90 Å². The number of thiophene rings is 1. The van der Waals surface area contributed by atoms with Crippen molar-refractivity contribution in [3.8, 4) is 0 Å². The predicted octanol–water partition coefficient (Wildman–Crippen LogP) is 0.433. The summed E-state index contributed by atoms with van der Waals surface area (Å²) in [4.78, 5) is 38.7. The van der Waals surface area contributed by atoms with Gasteiger partial charge >= 0.3 is 6.03 Å². The summed E-state index contributed by atoms with van der Waals surface area (Å²) < 4.78 is 0. The van der Waals surface area contributed by atoms with Gasteiger partial charge in [-0.2, -0.15) is 0 Å². The van der Waals surface area contributed by atoms with Gasteiger partial charge < -0.3 is 10.2 Å². The number of rotatable bonds is 2. The van der Waals surface area contributed by atoms with Crippen LogP contribution < -0.4 is 5.32 Å². The summed E-state index contributed by atoms with van der Waals surface area (Å²) in [5.74, 6) is -0.240. The monoisotopic (exact) mass is 279 g/mol. The average molecular weight is 279 g/mol. The topological polar surface area (TPSA) is 69.7 Å². The number of carbonyl (C=O) groups excluding carboxylic acids is 3. The van der Waals surface area contributed by atoms with Gasteiger partial charge in [0.05, 0.1) is 17.5 Å². The molecule has 0 radical (unpaired) electrons. The van der Waals surface area contributed by atoms with Crippen molar-refractivity contribution >= 4 is 29.2 Å². The summed E-state index contributed by atoms with van der Waals surface area (Å²) in [6.07, 6.45) is 0. The SMILES string of the molecule is Cc1csc(C(=O)N2CC(N3C(=O)CNC3=O)C2)c1. The van der Waals surface area contributed by atoms with Crippen LogP contribution in [0.1, 0.15) is 15.2 Å². The first-order chi connectivity index (χ1) is 9.06. The molecule has 0 spiro atoms. The molecular formula is C12H13N3O3S. The van der Waals surface area contributed by atoms with Crippen molar-refractivity contribution in [1.29, 1.82) is 0 Å². The predicted molar refractivity (Wildman–Crippen MR) is 69.0 cm³/mol. The summed E-state index contributed by atoms with van der Waals surface area (Å²) in [5, 5.41) is 4.42. The number of imide groups is 1. The molecule has 19 heavy (non-hydrogen) atoms. The van der Waals surface area contributed by atoms with Crippen LogP contribution in [0.5, 0.6) is 0 Å². The number of amides is 4. The third kappa shape index (κ3) is 1.99. The number of carbonyl (C=O) groups is 3. The normalized spacial score (nSPS) is 19.6. The van der Waals surface area contributed by atoms with Crippen molar-refractivity contribution in [2.45, 2.75) is 13.0 Å². The minimum absolute atomic E-state index is 0.0265. The summed E-state index contributed by atoms with van der Waals surface area (Å²) in [7, 11) is 0. The zero-order valence-corrected chi connectivity index (χ0v) is 11.2. The molecule has 1 aromatic heterocycles. The van der Waals surface area contributed by atoms with Crippen LogP contribution in [0.15, 0.2) is 11.4 Å². The molecule has 7 heteroatoms. The van der Waals surface area contributed by atoms with E-state index in [9.17, 15) is 14.4 Å². The Bertz CT molecular complexity index is 546. The van der Waals surface area contributed by atoms with E-state index in [0.29, 0.717) is 18.0 Å². The largest absolute Gasteiger partial charge is 0.334 e. The van der Waals surface area contributed by atoms with Crippen molar-refractivity contribution in [2.75, 3.05) is 19.6 Å². The van der Waals surface area contributed by atoms with Gasteiger partial charge in [0.1, 0.15) is 0 Å². The Hall–Kier alpha value is -1.89. The first-order valence-corrected chi connectivity index (χ1v) is 6.88. The van der Waals surface area contributed by atoms with E-state index >= 15 is 0 Å². The van der Waals surface area contributed by atoms with Crippen LogP contribution in [0.2, 0.25) is 0 Å². The standard InChI is InChI=1S/C12H13N3O3S/c1-7-2-9(19-6-7)11(17)14-4-8(5-14)15-10(16)3-13-12(15)18/h2,6,8H,3-5H2,1H3,(H,13,18). The molecule has 1 N–H and O–H groups in total. The number of hydrogen-bond acceptors (Lipinski definition) is 4. The van der Waals surface area contributed by atoms with E-state index in [4.69, 9.17) is 0 Å². The Morgan fingerprint density at radius 3 is 2.68 bits per heavy atom. The maximum atomic E-state index is 12.1. The summed E-state index contributed by atoms with van der Waals surface area (Å²) >= 11 is 1.42. The van der Waals surface area contributed by atoms with Gasteiger partial charge in [0.2, 0.25) is 5.91 Å². The lowest BCUT2D eigenvalue weighted by atomic mass is 10.1. The Kier molecular flexibility index (Phi) is 2.78. The molecule has 6 nitrogen and oxygen atoms in total. The third-order valence-electron chi connectivity index (χ3n) is 3.33. The molecule has 2 fully saturated rings. The van der Waals surface area contributed by atoms with Gasteiger partial charge in [-0.15, -0.1) is 11.3 Å². The quantitative estimate of drug-likeness (QED) is 0.798. The summed E-state index contributed by atoms with van der Waals surface area (Å²) in [5.41, 5.74) is 1.07. The Morgan fingerprint density at radius 2 is 2.16 bits per heavy atom. The number of hydrogen-bond donors (Lipinski definition) is 1. The first kappa shape index (κ1) is 12.2. The van der Waals surface area contributed by atoms with Crippen molar-refractivity contribution in [2.24, 2.45) is 0 Å². The molecule has 0 saturated carbocycles. The van der Waals surface area contributed by atoms with Crippen molar-refractivity contribution < 1.29 is 14.4 Å². The van der Waals surface area contributed by atoms with E-state index in [2.05, 4.69) is 5.32 Å². The second-order valence-electron chi connectivity index (χ2n) is 4.77. The third-order valence-corrected chi connectivity index (χ3v) is 4.37. The molecule has 0 aliphatic carbocycles. The lowest BCUT2D eigenvalue weighted by Crippen LogP contribution is -2.62. The van der Waals surface area contributed by atoms with Crippen LogP contribution in [0, 0.1) is 6.92 Å². The molecule has 3 heterocycles. The molecule has 0 atom stereocenters. The van der Waals surface area contributed by atoms with Gasteiger partial charge in [-0.05, 0) is 23.9 Å². The molecule has 1 aromatic rings. The molecule has 0 unspecified atom stereocenters. The molecule has 100 valence electrons. The van der Waals surface area contributed by atoms with Crippen molar-refractivity contribution in [3.63, 3.8) is 0 Å². The van der Waals surface area contributed by atoms with Crippen molar-refractivity contribution in [1.82, 2.24) is 15.1 Å². The van der Waals surface area contributed by atoms with E-state index < -0.39 is 0 Å². The van der Waals surface area contributed by atoms with E-state index in [1.807, 2.05) is 18.4 Å². The van der Waals surface area contributed by atoms with E-state index in [-0.39, 0.29) is 30.4 Å². The maximum Gasteiger partial charge on any atom is 0.324 e. The number of likely N-dealkylation sites (tertiary alicyclic amines) is 1. The summed E-state index contributed by atoms with van der Waals surface area (Å²) in [6.45, 7) is 2.86. The van der Waals surface area contributed by atoms with Gasteiger partial charge in [-0.25, -0.2) is 4.79 Å². The fraction of sp³-hybridized carbons (Fsp3) is 0.417. The smallest absolute Gasteiger partial charge is 0.324 e. The molecular weight excluding hydrogens is 266 g/mol. The number of nitrogens with zero attached hydrogens (tertiary/aromatic N) is 2. The molecule has 2 aliphatic heterocycles. The zero-order chi connectivity index (χ0) is 13.6. The minimum atomic E-state index is -0.353. The van der Waals surface area contributed by atoms with Crippen LogP contribution in [0.3, 0.4) is 0 Å². The van der Waals surface area contributed by atoms with Gasteiger partial charge in [-0.3, -0.25) is 14.5 Å². The van der Waals surface area contributed by atoms with Crippen LogP contribution in [0.25, 0.3) is 0 Å². The van der Waals surface area contributed by atoms with Gasteiger partial charge in [0, 0.05) is 13.1 Å². The van der Waals surface area contributed by atoms with Gasteiger partial charge in [0.15, 0.2) is 0 Å². The first-order valence-electron chi connectivity index (χ1n) is 6.00. The zero-order valence-electron chi connectivity index (χ0n) is 10.4. The fourth-order valence-corrected chi connectivity index (χ4v) is 3.15. The van der Waals surface area contributed by atoms with Crippen LogP contribution in [-0.2, 0) is 4.79 Å². The Balaban J connectivity index is 1.62. The Labute approximate surface area is 114 Å². The van der Waals surface area contributed by atoms with E-state index in [0.717, 1.165) is 5.56 Å². The highest BCUT2D eigenvalue weighted by Crippen LogP contribution is 2.23. The molecule has 0 bridgehead atoms. The van der Waals surface area contributed by atoms with Crippen LogP contribution in [-0.4, -0.2) is 53.3 Å². The average Bonchev–Trinajstić information content (AvgIpc) is 2.87. The highest BCUT2D eigenvalue weighted by Gasteiger charge is 2.43. The number of nitrogens with one attached hydrogen (secondary N) is 1. The Morgan fingerprint density at radius 1 is 1.42 bits per heavy atom. The van der Waals surface area contributed by atoms with Gasteiger partial charge in [-0.1, -0.05) is 0 Å². The molecule has 3 rings (SSSR count). The summed E-state index contributed by atoms with van der Waals surface area (Å²) in [6, 6.07) is 1.32. The highest BCUT2D eigenvalue weighted by molar-refractivity contribution is 7.12.